The van der Waals surface area contributed by atoms with Crippen LogP contribution in [0.15, 0.2) is 24.5 Å². The van der Waals surface area contributed by atoms with Crippen LogP contribution in [0.25, 0.3) is 11.4 Å². The Morgan fingerprint density at radius 3 is 2.33 bits per heavy atom. The summed E-state index contributed by atoms with van der Waals surface area (Å²) in [6.45, 7) is 0. The Labute approximate surface area is 110 Å². The van der Waals surface area contributed by atoms with E-state index in [-0.39, 0.29) is 0 Å². The molecular formula is C12H12ClN3O2. The van der Waals surface area contributed by atoms with Crippen molar-refractivity contribution >= 4 is 17.3 Å². The van der Waals surface area contributed by atoms with Crippen LogP contribution in [-0.2, 0) is 0 Å². The summed E-state index contributed by atoms with van der Waals surface area (Å²) in [7, 11) is 3.07. The van der Waals surface area contributed by atoms with Crippen LogP contribution in [0.2, 0.25) is 5.02 Å². The predicted molar refractivity (Wildman–Crippen MR) is 70.0 cm³/mol. The van der Waals surface area contributed by atoms with Crippen LogP contribution in [0.5, 0.6) is 11.5 Å². The van der Waals surface area contributed by atoms with Gasteiger partial charge in [-0.2, -0.15) is 0 Å². The quantitative estimate of drug-likeness (QED) is 0.923. The van der Waals surface area contributed by atoms with Gasteiger partial charge in [0.1, 0.15) is 0 Å². The maximum absolute atomic E-state index is 6.11. The number of aromatic nitrogens is 2. The number of nitrogens with zero attached hydrogens (tertiary/aromatic N) is 2. The molecule has 0 unspecified atom stereocenters. The lowest BCUT2D eigenvalue weighted by Gasteiger charge is -2.11. The summed E-state index contributed by atoms with van der Waals surface area (Å²) >= 11 is 6.11. The molecule has 0 bridgehead atoms. The lowest BCUT2D eigenvalue weighted by atomic mass is 10.2. The number of hydrogen-bond donors (Lipinski definition) is 1. The molecule has 2 aromatic rings. The zero-order chi connectivity index (χ0) is 13.1. The highest BCUT2D eigenvalue weighted by molar-refractivity contribution is 6.32. The van der Waals surface area contributed by atoms with E-state index in [1.807, 2.05) is 0 Å². The van der Waals surface area contributed by atoms with Gasteiger partial charge in [0.05, 0.1) is 37.3 Å². The molecule has 0 spiro atoms. The Morgan fingerprint density at radius 1 is 1.11 bits per heavy atom. The first-order chi connectivity index (χ1) is 8.65. The van der Waals surface area contributed by atoms with Crippen LogP contribution in [0, 0.1) is 0 Å². The lowest BCUT2D eigenvalue weighted by molar-refractivity contribution is 0.355. The van der Waals surface area contributed by atoms with Gasteiger partial charge in [0.15, 0.2) is 17.3 Å². The Kier molecular flexibility index (Phi) is 3.53. The van der Waals surface area contributed by atoms with E-state index < -0.39 is 0 Å². The summed E-state index contributed by atoms with van der Waals surface area (Å²) in [5, 5.41) is 0.437. The van der Waals surface area contributed by atoms with Gasteiger partial charge in [-0.3, -0.25) is 0 Å². The fourth-order valence-electron chi connectivity index (χ4n) is 1.53. The zero-order valence-electron chi connectivity index (χ0n) is 9.98. The van der Waals surface area contributed by atoms with Crippen LogP contribution < -0.4 is 15.2 Å². The van der Waals surface area contributed by atoms with Gasteiger partial charge < -0.3 is 15.2 Å². The van der Waals surface area contributed by atoms with E-state index in [9.17, 15) is 0 Å². The topological polar surface area (TPSA) is 70.3 Å². The Morgan fingerprint density at radius 2 is 1.78 bits per heavy atom. The van der Waals surface area contributed by atoms with Crippen molar-refractivity contribution < 1.29 is 9.47 Å². The second-order valence-electron chi connectivity index (χ2n) is 3.53. The first-order valence-corrected chi connectivity index (χ1v) is 5.53. The standard InChI is InChI=1S/C12H12ClN3O2/c1-17-10-4-7(3-9(13)11(10)18-2)12-15-5-8(14)6-16-12/h3-6H,14H2,1-2H3. The van der Waals surface area contributed by atoms with Gasteiger partial charge in [0, 0.05) is 5.56 Å². The van der Waals surface area contributed by atoms with E-state index in [4.69, 9.17) is 26.8 Å². The average molecular weight is 266 g/mol. The van der Waals surface area contributed by atoms with E-state index in [2.05, 4.69) is 9.97 Å². The van der Waals surface area contributed by atoms with Crippen molar-refractivity contribution in [1.29, 1.82) is 0 Å². The SMILES string of the molecule is COc1cc(-c2ncc(N)cn2)cc(Cl)c1OC. The second kappa shape index (κ2) is 5.10. The molecule has 0 aliphatic rings. The number of rotatable bonds is 3. The van der Waals surface area contributed by atoms with Gasteiger partial charge in [-0.05, 0) is 12.1 Å². The number of anilines is 1. The zero-order valence-corrected chi connectivity index (χ0v) is 10.7. The van der Waals surface area contributed by atoms with Crippen molar-refractivity contribution in [2.75, 3.05) is 20.0 Å². The van der Waals surface area contributed by atoms with Gasteiger partial charge in [-0.1, -0.05) is 11.6 Å². The minimum absolute atomic E-state index is 0.437. The monoisotopic (exact) mass is 265 g/mol. The Balaban J connectivity index is 2.52. The highest BCUT2D eigenvalue weighted by Gasteiger charge is 2.13. The number of methoxy groups -OCH3 is 2. The largest absolute Gasteiger partial charge is 0.493 e. The number of nitrogen functional groups attached to an aromatic ring is 1. The van der Waals surface area contributed by atoms with Crippen LogP contribution in [0.3, 0.4) is 0 Å². The summed E-state index contributed by atoms with van der Waals surface area (Å²) < 4.78 is 10.4. The minimum Gasteiger partial charge on any atom is -0.493 e. The van der Waals surface area contributed by atoms with E-state index in [0.29, 0.717) is 28.0 Å². The maximum atomic E-state index is 6.11. The number of halogens is 1. The van der Waals surface area contributed by atoms with E-state index >= 15 is 0 Å². The third-order valence-corrected chi connectivity index (χ3v) is 2.64. The summed E-state index contributed by atoms with van der Waals surface area (Å²) in [5.41, 5.74) is 6.78. The van der Waals surface area contributed by atoms with Crippen molar-refractivity contribution in [3.63, 3.8) is 0 Å². The molecule has 0 radical (unpaired) electrons. The molecule has 2 N–H and O–H groups in total. The average Bonchev–Trinajstić information content (AvgIpc) is 2.38. The molecule has 0 amide bonds. The fourth-order valence-corrected chi connectivity index (χ4v) is 1.82. The molecule has 0 saturated carbocycles. The third-order valence-electron chi connectivity index (χ3n) is 2.36. The Hall–Kier alpha value is -2.01. The second-order valence-corrected chi connectivity index (χ2v) is 3.94. The molecule has 1 heterocycles. The summed E-state index contributed by atoms with van der Waals surface area (Å²) in [5.74, 6) is 1.53. The smallest absolute Gasteiger partial charge is 0.179 e. The van der Waals surface area contributed by atoms with E-state index in [1.165, 1.54) is 19.5 Å². The first-order valence-electron chi connectivity index (χ1n) is 5.15. The van der Waals surface area contributed by atoms with E-state index in [0.717, 1.165) is 5.56 Å². The van der Waals surface area contributed by atoms with Gasteiger partial charge >= 0.3 is 0 Å². The molecule has 18 heavy (non-hydrogen) atoms. The molecule has 6 heteroatoms. The van der Waals surface area contributed by atoms with Crippen LogP contribution in [0.4, 0.5) is 5.69 Å². The first kappa shape index (κ1) is 12.4. The maximum Gasteiger partial charge on any atom is 0.179 e. The Bertz CT molecular complexity index is 558. The van der Waals surface area contributed by atoms with Crippen molar-refractivity contribution in [2.45, 2.75) is 0 Å². The molecule has 94 valence electrons. The van der Waals surface area contributed by atoms with Gasteiger partial charge in [0.2, 0.25) is 0 Å². The van der Waals surface area contributed by atoms with Crippen LogP contribution in [0.1, 0.15) is 0 Å². The van der Waals surface area contributed by atoms with Crippen molar-refractivity contribution in [3.05, 3.63) is 29.5 Å². The van der Waals surface area contributed by atoms with Gasteiger partial charge in [-0.25, -0.2) is 9.97 Å². The summed E-state index contributed by atoms with van der Waals surface area (Å²) in [4.78, 5) is 8.26. The van der Waals surface area contributed by atoms with Gasteiger partial charge in [0.25, 0.3) is 0 Å². The van der Waals surface area contributed by atoms with Crippen molar-refractivity contribution in [3.8, 4) is 22.9 Å². The third kappa shape index (κ3) is 2.31. The molecule has 0 aliphatic carbocycles. The molecule has 0 saturated heterocycles. The van der Waals surface area contributed by atoms with Crippen LogP contribution in [-0.4, -0.2) is 24.2 Å². The van der Waals surface area contributed by atoms with E-state index in [1.54, 1.807) is 19.2 Å². The molecule has 1 aromatic heterocycles. The predicted octanol–water partition coefficient (Wildman–Crippen LogP) is 2.40. The molecular weight excluding hydrogens is 254 g/mol. The van der Waals surface area contributed by atoms with Gasteiger partial charge in [-0.15, -0.1) is 0 Å². The van der Waals surface area contributed by atoms with Crippen LogP contribution >= 0.6 is 11.6 Å². The number of nitrogens with two attached hydrogens (primary N) is 1. The van der Waals surface area contributed by atoms with Crippen molar-refractivity contribution in [2.24, 2.45) is 0 Å². The molecule has 5 nitrogen and oxygen atoms in total. The lowest BCUT2D eigenvalue weighted by Crippen LogP contribution is -1.95. The number of benzene rings is 1. The highest BCUT2D eigenvalue weighted by atomic mass is 35.5. The summed E-state index contributed by atoms with van der Waals surface area (Å²) in [6.07, 6.45) is 3.07. The fraction of sp³-hybridized carbons (Fsp3) is 0.167. The molecule has 0 atom stereocenters. The number of ether oxygens (including phenoxy) is 2. The normalized spacial score (nSPS) is 10.2. The highest BCUT2D eigenvalue weighted by Crippen LogP contribution is 2.38. The van der Waals surface area contributed by atoms with Crippen molar-refractivity contribution in [1.82, 2.24) is 9.97 Å². The molecule has 1 aromatic carbocycles. The molecule has 0 aliphatic heterocycles. The minimum atomic E-state index is 0.437. The molecule has 0 fully saturated rings. The molecule has 2 rings (SSSR count). The number of hydrogen-bond acceptors (Lipinski definition) is 5. The summed E-state index contributed by atoms with van der Waals surface area (Å²) in [6, 6.07) is 3.48.